The molecule has 1 rings (SSSR count). The fraction of sp³-hybridized carbons (Fsp3) is 0.588. The highest BCUT2D eigenvalue weighted by Gasteiger charge is 2.09. The molecule has 1 aromatic rings. The summed E-state index contributed by atoms with van der Waals surface area (Å²) in [5.41, 5.74) is 0.317. The van der Waals surface area contributed by atoms with Gasteiger partial charge in [-0.1, -0.05) is 38.2 Å². The predicted molar refractivity (Wildman–Crippen MR) is 88.0 cm³/mol. The molecule has 0 radical (unpaired) electrons. The average Bonchev–Trinajstić information content (AvgIpc) is 2.82. The van der Waals surface area contributed by atoms with Gasteiger partial charge in [0.05, 0.1) is 0 Å². The molecule has 4 heteroatoms. The summed E-state index contributed by atoms with van der Waals surface area (Å²) in [6.07, 6.45) is 12.0. The number of rotatable bonds is 12. The molecule has 0 unspecified atom stereocenters. The van der Waals surface area contributed by atoms with Gasteiger partial charge in [0.15, 0.2) is 0 Å². The highest BCUT2D eigenvalue weighted by atomic mass is 16.4. The maximum atomic E-state index is 10.9. The van der Waals surface area contributed by atoms with Crippen molar-refractivity contribution in [3.8, 4) is 0 Å². The number of nitrogens with zero attached hydrogens (tertiary/aromatic N) is 1. The van der Waals surface area contributed by atoms with Gasteiger partial charge in [-0.05, 0) is 31.4 Å². The molecule has 0 atom stereocenters. The second-order valence-electron chi connectivity index (χ2n) is 5.45. The Kier molecular flexibility index (Phi) is 8.32. The SMILES string of the molecule is C=CCCCCCCCCCNc1ccc(C(=O)O)n1C. The number of anilines is 1. The van der Waals surface area contributed by atoms with E-state index in [1.807, 2.05) is 12.1 Å². The molecular formula is C17H28N2O2. The van der Waals surface area contributed by atoms with Gasteiger partial charge >= 0.3 is 5.97 Å². The predicted octanol–water partition coefficient (Wildman–Crippen LogP) is 4.44. The molecular weight excluding hydrogens is 264 g/mol. The van der Waals surface area contributed by atoms with Gasteiger partial charge in [0.25, 0.3) is 0 Å². The maximum absolute atomic E-state index is 10.9. The van der Waals surface area contributed by atoms with E-state index in [4.69, 9.17) is 5.11 Å². The minimum absolute atomic E-state index is 0.317. The Hall–Kier alpha value is -1.71. The van der Waals surface area contributed by atoms with Gasteiger partial charge in [-0.3, -0.25) is 0 Å². The van der Waals surface area contributed by atoms with Crippen LogP contribution in [-0.2, 0) is 7.05 Å². The van der Waals surface area contributed by atoms with Crippen molar-refractivity contribution in [2.45, 2.75) is 51.4 Å². The lowest BCUT2D eigenvalue weighted by molar-refractivity contribution is 0.0687. The molecule has 0 saturated carbocycles. The van der Waals surface area contributed by atoms with Gasteiger partial charge in [-0.2, -0.15) is 0 Å². The first-order chi connectivity index (χ1) is 10.2. The van der Waals surface area contributed by atoms with Crippen LogP contribution in [0.2, 0.25) is 0 Å². The van der Waals surface area contributed by atoms with Crippen molar-refractivity contribution >= 4 is 11.8 Å². The second-order valence-corrected chi connectivity index (χ2v) is 5.45. The lowest BCUT2D eigenvalue weighted by atomic mass is 10.1. The van der Waals surface area contributed by atoms with E-state index in [2.05, 4.69) is 11.9 Å². The van der Waals surface area contributed by atoms with E-state index in [0.717, 1.165) is 25.2 Å². The van der Waals surface area contributed by atoms with Crippen LogP contribution in [0.25, 0.3) is 0 Å². The third kappa shape index (κ3) is 6.52. The molecule has 0 fully saturated rings. The van der Waals surface area contributed by atoms with Crippen LogP contribution in [0.1, 0.15) is 61.9 Å². The van der Waals surface area contributed by atoms with Crippen molar-refractivity contribution in [2.75, 3.05) is 11.9 Å². The van der Waals surface area contributed by atoms with Crippen LogP contribution in [0.3, 0.4) is 0 Å². The van der Waals surface area contributed by atoms with E-state index in [-0.39, 0.29) is 0 Å². The zero-order valence-electron chi connectivity index (χ0n) is 13.1. The Morgan fingerprint density at radius 3 is 2.38 bits per heavy atom. The normalized spacial score (nSPS) is 10.5. The standard InChI is InChI=1S/C17H28N2O2/c1-3-4-5-6-7-8-9-10-11-14-18-16-13-12-15(17(20)21)19(16)2/h3,12-13,18H,1,4-11,14H2,2H3,(H,20,21). The topological polar surface area (TPSA) is 54.3 Å². The van der Waals surface area contributed by atoms with Crippen LogP contribution in [0, 0.1) is 0 Å². The van der Waals surface area contributed by atoms with Gasteiger partial charge in [0, 0.05) is 13.6 Å². The first-order valence-electron chi connectivity index (χ1n) is 7.90. The van der Waals surface area contributed by atoms with E-state index in [1.165, 1.54) is 38.5 Å². The molecule has 1 heterocycles. The van der Waals surface area contributed by atoms with Crippen molar-refractivity contribution in [1.29, 1.82) is 0 Å². The van der Waals surface area contributed by atoms with Crippen molar-refractivity contribution in [3.05, 3.63) is 30.5 Å². The summed E-state index contributed by atoms with van der Waals surface area (Å²) in [5.74, 6) is -0.0150. The third-order valence-corrected chi connectivity index (χ3v) is 3.73. The average molecular weight is 292 g/mol. The molecule has 1 aromatic heterocycles. The van der Waals surface area contributed by atoms with Gasteiger partial charge in [0.2, 0.25) is 0 Å². The summed E-state index contributed by atoms with van der Waals surface area (Å²) >= 11 is 0. The highest BCUT2D eigenvalue weighted by Crippen LogP contribution is 2.13. The Morgan fingerprint density at radius 2 is 1.81 bits per heavy atom. The summed E-state index contributed by atoms with van der Waals surface area (Å²) in [5, 5.41) is 12.3. The molecule has 118 valence electrons. The molecule has 0 amide bonds. The molecule has 0 aliphatic heterocycles. The third-order valence-electron chi connectivity index (χ3n) is 3.73. The molecule has 0 aliphatic carbocycles. The number of carbonyl (C=O) groups is 1. The van der Waals surface area contributed by atoms with E-state index >= 15 is 0 Å². The molecule has 0 bridgehead atoms. The van der Waals surface area contributed by atoms with E-state index < -0.39 is 5.97 Å². The van der Waals surface area contributed by atoms with Crippen LogP contribution >= 0.6 is 0 Å². The molecule has 0 spiro atoms. The summed E-state index contributed by atoms with van der Waals surface area (Å²) < 4.78 is 1.68. The van der Waals surface area contributed by atoms with Crippen molar-refractivity contribution in [2.24, 2.45) is 7.05 Å². The fourth-order valence-corrected chi connectivity index (χ4v) is 2.42. The number of hydrogen-bond donors (Lipinski definition) is 2. The van der Waals surface area contributed by atoms with Crippen LogP contribution in [0.15, 0.2) is 24.8 Å². The first kappa shape index (κ1) is 17.3. The smallest absolute Gasteiger partial charge is 0.352 e. The summed E-state index contributed by atoms with van der Waals surface area (Å²) in [6, 6.07) is 3.46. The van der Waals surface area contributed by atoms with Crippen LogP contribution in [0.5, 0.6) is 0 Å². The zero-order valence-corrected chi connectivity index (χ0v) is 13.1. The van der Waals surface area contributed by atoms with E-state index in [0.29, 0.717) is 5.69 Å². The largest absolute Gasteiger partial charge is 0.477 e. The lowest BCUT2D eigenvalue weighted by Gasteiger charge is -2.08. The minimum Gasteiger partial charge on any atom is -0.477 e. The quantitative estimate of drug-likeness (QED) is 0.442. The number of nitrogens with one attached hydrogen (secondary N) is 1. The monoisotopic (exact) mass is 292 g/mol. The van der Waals surface area contributed by atoms with Gasteiger partial charge < -0.3 is 15.0 Å². The minimum atomic E-state index is -0.887. The number of unbranched alkanes of at least 4 members (excludes halogenated alkanes) is 7. The van der Waals surface area contributed by atoms with Crippen molar-refractivity contribution in [1.82, 2.24) is 4.57 Å². The fourth-order valence-electron chi connectivity index (χ4n) is 2.42. The van der Waals surface area contributed by atoms with E-state index in [9.17, 15) is 4.79 Å². The second kappa shape index (κ2) is 10.1. The Morgan fingerprint density at radius 1 is 1.19 bits per heavy atom. The maximum Gasteiger partial charge on any atom is 0.352 e. The molecule has 21 heavy (non-hydrogen) atoms. The van der Waals surface area contributed by atoms with Crippen LogP contribution < -0.4 is 5.32 Å². The number of hydrogen-bond acceptors (Lipinski definition) is 2. The number of aromatic nitrogens is 1. The van der Waals surface area contributed by atoms with Crippen LogP contribution in [-0.4, -0.2) is 22.2 Å². The summed E-state index contributed by atoms with van der Waals surface area (Å²) in [7, 11) is 1.77. The Balaban J connectivity index is 2.04. The van der Waals surface area contributed by atoms with Crippen molar-refractivity contribution in [3.63, 3.8) is 0 Å². The number of aromatic carboxylic acids is 1. The van der Waals surface area contributed by atoms with Crippen LogP contribution in [0.4, 0.5) is 5.82 Å². The Labute approximate surface area is 127 Å². The number of carboxylic acids is 1. The van der Waals surface area contributed by atoms with E-state index in [1.54, 1.807) is 17.7 Å². The summed E-state index contributed by atoms with van der Waals surface area (Å²) in [6.45, 7) is 4.63. The van der Waals surface area contributed by atoms with Gasteiger partial charge in [0.1, 0.15) is 11.5 Å². The number of allylic oxidation sites excluding steroid dienone is 1. The lowest BCUT2D eigenvalue weighted by Crippen LogP contribution is -2.09. The molecule has 4 nitrogen and oxygen atoms in total. The molecule has 0 aromatic carbocycles. The van der Waals surface area contributed by atoms with Crippen molar-refractivity contribution < 1.29 is 9.90 Å². The first-order valence-corrected chi connectivity index (χ1v) is 7.90. The van der Waals surface area contributed by atoms with Gasteiger partial charge in [-0.25, -0.2) is 4.79 Å². The number of carboxylic acid groups (broad SMARTS) is 1. The Bertz CT molecular complexity index is 438. The summed E-state index contributed by atoms with van der Waals surface area (Å²) in [4.78, 5) is 10.9. The molecule has 0 aliphatic rings. The highest BCUT2D eigenvalue weighted by molar-refractivity contribution is 5.86. The van der Waals surface area contributed by atoms with Gasteiger partial charge in [-0.15, -0.1) is 6.58 Å². The molecule has 0 saturated heterocycles. The molecule has 2 N–H and O–H groups in total. The zero-order chi connectivity index (χ0) is 15.5.